The van der Waals surface area contributed by atoms with E-state index in [0.29, 0.717) is 19.3 Å². The normalized spacial score (nSPS) is 17.3. The Kier molecular flexibility index (Phi) is 10.7. The van der Waals surface area contributed by atoms with Crippen molar-refractivity contribution in [2.75, 3.05) is 32.8 Å². The van der Waals surface area contributed by atoms with Crippen LogP contribution in [0, 0.1) is 0 Å². The van der Waals surface area contributed by atoms with Gasteiger partial charge in [-0.15, -0.1) is 24.0 Å². The molecule has 2 aromatic rings. The number of nitrogens with one attached hydrogen (secondary N) is 1. The first-order chi connectivity index (χ1) is 15.8. The van der Waals surface area contributed by atoms with Crippen molar-refractivity contribution in [3.8, 4) is 0 Å². The summed E-state index contributed by atoms with van der Waals surface area (Å²) in [6, 6.07) is 19.3. The smallest absolute Gasteiger partial charge is 0.194 e. The predicted octanol–water partition coefficient (Wildman–Crippen LogP) is 5.26. The van der Waals surface area contributed by atoms with Crippen LogP contribution in [0.1, 0.15) is 42.9 Å². The monoisotopic (exact) mass is 561 g/mol. The molecule has 2 aliphatic heterocycles. The number of aliphatic imine (C=N–C) groups is 1. The molecule has 1 fully saturated rings. The molecule has 0 aromatic heterocycles. The highest BCUT2D eigenvalue weighted by molar-refractivity contribution is 14.0. The minimum absolute atomic E-state index is 0. The van der Waals surface area contributed by atoms with Crippen LogP contribution in [0.25, 0.3) is 5.57 Å². The second kappa shape index (κ2) is 13.7. The molecule has 4 rings (SSSR count). The Morgan fingerprint density at radius 2 is 1.88 bits per heavy atom. The van der Waals surface area contributed by atoms with Crippen LogP contribution in [0.15, 0.2) is 65.7 Å². The van der Waals surface area contributed by atoms with Gasteiger partial charge < -0.3 is 19.7 Å². The molecule has 6 heteroatoms. The lowest BCUT2D eigenvalue weighted by Crippen LogP contribution is -2.43. The molecule has 0 atom stereocenters. The summed E-state index contributed by atoms with van der Waals surface area (Å²) >= 11 is 0. The van der Waals surface area contributed by atoms with Gasteiger partial charge >= 0.3 is 0 Å². The molecule has 0 radical (unpaired) electrons. The summed E-state index contributed by atoms with van der Waals surface area (Å²) in [7, 11) is 0. The zero-order valence-corrected chi connectivity index (χ0v) is 21.9. The summed E-state index contributed by atoms with van der Waals surface area (Å²) in [5.74, 6) is 0.986. The number of nitrogens with zero attached hydrogens (tertiary/aromatic N) is 2. The topological polar surface area (TPSA) is 46.1 Å². The average Bonchev–Trinajstić information content (AvgIpc) is 2.87. The number of hydrogen-bond donors (Lipinski definition) is 1. The first-order valence-corrected chi connectivity index (χ1v) is 11.9. The molecule has 1 N–H and O–H groups in total. The predicted molar refractivity (Wildman–Crippen MR) is 146 cm³/mol. The van der Waals surface area contributed by atoms with E-state index in [4.69, 9.17) is 14.5 Å². The number of halogens is 1. The highest BCUT2D eigenvalue weighted by Crippen LogP contribution is 2.22. The van der Waals surface area contributed by atoms with E-state index in [9.17, 15) is 0 Å². The Morgan fingerprint density at radius 3 is 2.61 bits per heavy atom. The van der Waals surface area contributed by atoms with Gasteiger partial charge in [-0.3, -0.25) is 0 Å². The fourth-order valence-electron chi connectivity index (χ4n) is 4.24. The van der Waals surface area contributed by atoms with Gasteiger partial charge in [0.25, 0.3) is 0 Å². The molecule has 0 bridgehead atoms. The van der Waals surface area contributed by atoms with Gasteiger partial charge in [-0.25, -0.2) is 4.99 Å². The van der Waals surface area contributed by atoms with Gasteiger partial charge in [0.15, 0.2) is 5.96 Å². The summed E-state index contributed by atoms with van der Waals surface area (Å²) in [4.78, 5) is 7.28. The molecule has 0 aliphatic carbocycles. The van der Waals surface area contributed by atoms with E-state index in [1.165, 1.54) is 22.3 Å². The van der Waals surface area contributed by atoms with Crippen molar-refractivity contribution in [1.29, 1.82) is 0 Å². The van der Waals surface area contributed by atoms with E-state index in [0.717, 1.165) is 58.1 Å². The molecule has 1 saturated heterocycles. The molecule has 0 amide bonds. The number of guanidine groups is 1. The molecule has 178 valence electrons. The fourth-order valence-corrected chi connectivity index (χ4v) is 4.24. The van der Waals surface area contributed by atoms with Crippen molar-refractivity contribution < 1.29 is 9.47 Å². The SMILES string of the molecule is CCNC(=NCc1cccc(COC2CCOCC2)c1)N1CC=C(c2ccccc2)CC1.I. The van der Waals surface area contributed by atoms with Crippen LogP contribution in [-0.4, -0.2) is 49.8 Å². The molecular formula is C27H36IN3O2. The van der Waals surface area contributed by atoms with E-state index >= 15 is 0 Å². The van der Waals surface area contributed by atoms with Crippen molar-refractivity contribution >= 4 is 35.5 Å². The summed E-state index contributed by atoms with van der Waals surface area (Å²) in [5.41, 5.74) is 5.18. The summed E-state index contributed by atoms with van der Waals surface area (Å²) < 4.78 is 11.5. The van der Waals surface area contributed by atoms with Crippen LogP contribution in [0.3, 0.4) is 0 Å². The maximum Gasteiger partial charge on any atom is 0.194 e. The van der Waals surface area contributed by atoms with Crippen molar-refractivity contribution in [3.63, 3.8) is 0 Å². The third kappa shape index (κ3) is 7.83. The molecule has 2 aliphatic rings. The highest BCUT2D eigenvalue weighted by atomic mass is 127. The second-order valence-electron chi connectivity index (χ2n) is 8.40. The van der Waals surface area contributed by atoms with Crippen molar-refractivity contribution in [1.82, 2.24) is 10.2 Å². The minimum atomic E-state index is 0. The van der Waals surface area contributed by atoms with Gasteiger partial charge in [0.05, 0.1) is 19.3 Å². The van der Waals surface area contributed by atoms with Crippen molar-refractivity contribution in [3.05, 3.63) is 77.4 Å². The number of hydrogen-bond acceptors (Lipinski definition) is 3. The quantitative estimate of drug-likeness (QED) is 0.285. The summed E-state index contributed by atoms with van der Waals surface area (Å²) in [5, 5.41) is 3.47. The van der Waals surface area contributed by atoms with E-state index in [2.05, 4.69) is 77.8 Å². The van der Waals surface area contributed by atoms with E-state index in [1.54, 1.807) is 0 Å². The van der Waals surface area contributed by atoms with Crippen LogP contribution in [-0.2, 0) is 22.6 Å². The van der Waals surface area contributed by atoms with E-state index in [-0.39, 0.29) is 24.0 Å². The minimum Gasteiger partial charge on any atom is -0.381 e. The molecule has 2 heterocycles. The number of rotatable bonds is 7. The van der Waals surface area contributed by atoms with Crippen molar-refractivity contribution in [2.24, 2.45) is 4.99 Å². The summed E-state index contributed by atoms with van der Waals surface area (Å²) in [6.45, 7) is 7.79. The molecule has 5 nitrogen and oxygen atoms in total. The average molecular weight is 562 g/mol. The summed E-state index contributed by atoms with van der Waals surface area (Å²) in [6.07, 6.45) is 5.67. The number of benzene rings is 2. The highest BCUT2D eigenvalue weighted by Gasteiger charge is 2.16. The standard InChI is InChI=1S/C27H35N3O2.HI/c1-2-28-27(30-15-11-25(12-16-30)24-9-4-3-5-10-24)29-20-22-7-6-8-23(19-22)21-32-26-13-17-31-18-14-26;/h3-11,19,26H,2,12-18,20-21H2,1H3,(H,28,29);1H. The van der Waals surface area contributed by atoms with E-state index < -0.39 is 0 Å². The Morgan fingerprint density at radius 1 is 1.09 bits per heavy atom. The van der Waals surface area contributed by atoms with Gasteiger partial charge in [-0.2, -0.15) is 0 Å². The molecular weight excluding hydrogens is 525 g/mol. The first kappa shape index (κ1) is 25.7. The maximum atomic E-state index is 6.09. The molecule has 33 heavy (non-hydrogen) atoms. The lowest BCUT2D eigenvalue weighted by Gasteiger charge is -2.30. The lowest BCUT2D eigenvalue weighted by molar-refractivity contribution is -0.0390. The lowest BCUT2D eigenvalue weighted by atomic mass is 10.00. The van der Waals surface area contributed by atoms with Crippen LogP contribution in [0.2, 0.25) is 0 Å². The number of ether oxygens (including phenoxy) is 2. The third-order valence-electron chi connectivity index (χ3n) is 6.04. The molecule has 2 aromatic carbocycles. The maximum absolute atomic E-state index is 6.09. The van der Waals surface area contributed by atoms with Gasteiger partial charge in [0, 0.05) is 32.8 Å². The van der Waals surface area contributed by atoms with Crippen LogP contribution >= 0.6 is 24.0 Å². The van der Waals surface area contributed by atoms with Gasteiger partial charge in [-0.1, -0.05) is 60.7 Å². The zero-order valence-electron chi connectivity index (χ0n) is 19.5. The Balaban J connectivity index is 0.00000306. The molecule has 0 spiro atoms. The second-order valence-corrected chi connectivity index (χ2v) is 8.40. The van der Waals surface area contributed by atoms with Gasteiger partial charge in [-0.05, 0) is 48.4 Å². The van der Waals surface area contributed by atoms with Gasteiger partial charge in [0.2, 0.25) is 0 Å². The largest absolute Gasteiger partial charge is 0.381 e. The van der Waals surface area contributed by atoms with Crippen LogP contribution < -0.4 is 5.32 Å². The Bertz CT molecular complexity index is 911. The fraction of sp³-hybridized carbons (Fsp3) is 0.444. The molecule has 0 saturated carbocycles. The van der Waals surface area contributed by atoms with Gasteiger partial charge in [0.1, 0.15) is 0 Å². The van der Waals surface area contributed by atoms with Crippen LogP contribution in [0.4, 0.5) is 0 Å². The zero-order chi connectivity index (χ0) is 22.0. The Hall–Kier alpha value is -1.90. The van der Waals surface area contributed by atoms with Crippen LogP contribution in [0.5, 0.6) is 0 Å². The molecule has 0 unspecified atom stereocenters. The third-order valence-corrected chi connectivity index (χ3v) is 6.04. The first-order valence-electron chi connectivity index (χ1n) is 11.9. The van der Waals surface area contributed by atoms with Crippen molar-refractivity contribution in [2.45, 2.75) is 45.4 Å². The Labute approximate surface area is 215 Å². The van der Waals surface area contributed by atoms with E-state index in [1.807, 2.05) is 0 Å².